The predicted octanol–water partition coefficient (Wildman–Crippen LogP) is 3.68. The lowest BCUT2D eigenvalue weighted by Gasteiger charge is -2.37. The lowest BCUT2D eigenvalue weighted by molar-refractivity contribution is 0.465. The number of anilines is 2. The minimum absolute atomic E-state index is 0.0174. The number of nitrogens with one attached hydrogen (secondary N) is 3. The predicted molar refractivity (Wildman–Crippen MR) is 110 cm³/mol. The highest BCUT2D eigenvalue weighted by molar-refractivity contribution is 8.23. The summed E-state index contributed by atoms with van der Waals surface area (Å²) in [6.07, 6.45) is 1.30. The quantitative estimate of drug-likeness (QED) is 0.422. The van der Waals surface area contributed by atoms with Gasteiger partial charge in [-0.25, -0.2) is 18.1 Å². The van der Waals surface area contributed by atoms with Gasteiger partial charge in [0.1, 0.15) is 16.3 Å². The number of rotatable bonds is 4. The van der Waals surface area contributed by atoms with Crippen molar-refractivity contribution in [3.8, 4) is 5.75 Å². The third-order valence-corrected chi connectivity index (χ3v) is 7.63. The van der Waals surface area contributed by atoms with Gasteiger partial charge in [-0.2, -0.15) is 0 Å². The number of benzene rings is 2. The first-order valence-corrected chi connectivity index (χ1v) is 11.7. The molecule has 150 valence electrons. The zero-order valence-electron chi connectivity index (χ0n) is 14.3. The maximum absolute atomic E-state index is 12.1. The molecule has 0 saturated heterocycles. The van der Waals surface area contributed by atoms with E-state index in [1.54, 1.807) is 24.3 Å². The Balaban J connectivity index is 1.61. The molecule has 4 rings (SSSR count). The van der Waals surface area contributed by atoms with E-state index in [-0.39, 0.29) is 32.6 Å². The van der Waals surface area contributed by atoms with Crippen LogP contribution < -0.4 is 14.8 Å². The second kappa shape index (κ2) is 6.71. The number of phenols is 1. The number of guanidine groups is 1. The van der Waals surface area contributed by atoms with Gasteiger partial charge in [-0.05, 0) is 37.1 Å². The number of hydrogen-bond donors (Lipinski definition) is 6. The van der Waals surface area contributed by atoms with Crippen molar-refractivity contribution in [2.75, 3.05) is 10.0 Å². The van der Waals surface area contributed by atoms with Crippen molar-refractivity contribution in [3.63, 3.8) is 0 Å². The van der Waals surface area contributed by atoms with E-state index in [1.165, 1.54) is 12.1 Å². The lowest BCUT2D eigenvalue weighted by atomic mass is 10.3. The summed E-state index contributed by atoms with van der Waals surface area (Å²) < 4.78 is 49.9. The molecule has 2 aliphatic rings. The smallest absolute Gasteiger partial charge is 0.235 e. The first-order valence-electron chi connectivity index (χ1n) is 8.20. The van der Waals surface area contributed by atoms with Crippen LogP contribution in [-0.2, 0) is 10.0 Å². The Bertz CT molecular complexity index is 1090. The molecule has 1 fully saturated rings. The van der Waals surface area contributed by atoms with E-state index in [2.05, 4.69) is 19.8 Å². The third kappa shape index (κ3) is 3.84. The number of aliphatic imine (C=N–C) groups is 1. The van der Waals surface area contributed by atoms with Crippen LogP contribution in [0.2, 0.25) is 5.02 Å². The molecule has 1 aliphatic carbocycles. The number of sulfonamides is 1. The number of aromatic hydroxyl groups is 1. The Morgan fingerprint density at radius 3 is 2.61 bits per heavy atom. The van der Waals surface area contributed by atoms with Crippen LogP contribution in [0.5, 0.6) is 5.75 Å². The molecule has 0 unspecified atom stereocenters. The minimum atomic E-state index is -3.50. The van der Waals surface area contributed by atoms with E-state index in [0.29, 0.717) is 24.2 Å². The van der Waals surface area contributed by atoms with Gasteiger partial charge in [0, 0.05) is 16.8 Å². The van der Waals surface area contributed by atoms with Crippen molar-refractivity contribution in [2.24, 2.45) is 4.99 Å². The molecule has 0 atom stereocenters. The van der Waals surface area contributed by atoms with Crippen molar-refractivity contribution in [2.45, 2.75) is 23.0 Å². The lowest BCUT2D eigenvalue weighted by Crippen LogP contribution is -2.35. The average Bonchev–Trinajstić information content (AvgIpc) is 3.41. The first-order chi connectivity index (χ1) is 13.1. The maximum atomic E-state index is 12.1. The van der Waals surface area contributed by atoms with E-state index < -0.39 is 20.8 Å². The monoisotopic (exact) mass is 444 g/mol. The largest absolute Gasteiger partial charge is 0.506 e. The second-order valence-corrected chi connectivity index (χ2v) is 10.6. The molecule has 28 heavy (non-hydrogen) atoms. The summed E-state index contributed by atoms with van der Waals surface area (Å²) in [6.45, 7) is 0. The molecule has 1 aliphatic heterocycles. The molecular formula is C16H17ClN4O5S2. The SMILES string of the molecule is O=S(=O)(Nc1cccc(NC2=Nc3c(O)cc(Cl)cc3S(O)(O)N2)c1)C1CC1. The van der Waals surface area contributed by atoms with Gasteiger partial charge < -0.3 is 10.4 Å². The normalized spacial score (nSPS) is 19.0. The van der Waals surface area contributed by atoms with Gasteiger partial charge in [0.25, 0.3) is 0 Å². The van der Waals surface area contributed by atoms with Gasteiger partial charge in [-0.3, -0.25) is 13.8 Å². The Kier molecular flexibility index (Phi) is 4.59. The van der Waals surface area contributed by atoms with Crippen molar-refractivity contribution < 1.29 is 22.6 Å². The molecule has 9 nitrogen and oxygen atoms in total. The fourth-order valence-electron chi connectivity index (χ4n) is 2.69. The summed E-state index contributed by atoms with van der Waals surface area (Å²) in [4.78, 5) is 4.15. The number of fused-ring (bicyclic) bond motifs is 1. The van der Waals surface area contributed by atoms with Crippen LogP contribution in [0.25, 0.3) is 0 Å². The molecule has 0 spiro atoms. The average molecular weight is 445 g/mol. The summed E-state index contributed by atoms with van der Waals surface area (Å²) in [6, 6.07) is 9.01. The molecule has 0 bridgehead atoms. The highest BCUT2D eigenvalue weighted by Crippen LogP contribution is 2.55. The van der Waals surface area contributed by atoms with Crippen LogP contribution in [0.4, 0.5) is 17.1 Å². The molecule has 1 saturated carbocycles. The molecule has 2 aromatic rings. The van der Waals surface area contributed by atoms with Crippen LogP contribution in [0.15, 0.2) is 46.3 Å². The minimum Gasteiger partial charge on any atom is -0.506 e. The van der Waals surface area contributed by atoms with Crippen LogP contribution in [0, 0.1) is 0 Å². The molecule has 6 N–H and O–H groups in total. The van der Waals surface area contributed by atoms with E-state index >= 15 is 0 Å². The molecular weight excluding hydrogens is 428 g/mol. The highest BCUT2D eigenvalue weighted by atomic mass is 35.5. The maximum Gasteiger partial charge on any atom is 0.235 e. The number of nitrogens with zero attached hydrogens (tertiary/aromatic N) is 1. The standard InChI is InChI=1S/C16H17ClN4O5S2/c17-9-6-13(22)15-14(7-9)28(25,26)21-16(19-15)18-10-2-1-3-11(8-10)20-27(23,24)12-4-5-12/h1-3,6-8,12,20,22,25-26H,4-5H2,(H2,18,19,21). The molecule has 0 radical (unpaired) electrons. The van der Waals surface area contributed by atoms with Crippen LogP contribution in [-0.4, -0.2) is 33.8 Å². The van der Waals surface area contributed by atoms with Crippen molar-refractivity contribution in [3.05, 3.63) is 41.4 Å². The summed E-state index contributed by atoms with van der Waals surface area (Å²) in [5.41, 5.74) is 0.806. The third-order valence-electron chi connectivity index (χ3n) is 4.14. The summed E-state index contributed by atoms with van der Waals surface area (Å²) in [5, 5.41) is 12.7. The second-order valence-electron chi connectivity index (χ2n) is 6.44. The van der Waals surface area contributed by atoms with E-state index in [1.807, 2.05) is 0 Å². The zero-order valence-corrected chi connectivity index (χ0v) is 16.6. The fourth-order valence-corrected chi connectivity index (χ4v) is 5.53. The highest BCUT2D eigenvalue weighted by Gasteiger charge is 2.35. The molecule has 12 heteroatoms. The molecule has 0 aromatic heterocycles. The van der Waals surface area contributed by atoms with E-state index in [0.717, 1.165) is 0 Å². The summed E-state index contributed by atoms with van der Waals surface area (Å²) >= 11 is 5.86. The number of phenolic OH excluding ortho intramolecular Hbond substituents is 1. The Labute approximate surface area is 168 Å². The van der Waals surface area contributed by atoms with Gasteiger partial charge in [0.2, 0.25) is 16.0 Å². The van der Waals surface area contributed by atoms with Crippen LogP contribution >= 0.6 is 22.4 Å². The van der Waals surface area contributed by atoms with E-state index in [9.17, 15) is 22.6 Å². The van der Waals surface area contributed by atoms with Gasteiger partial charge >= 0.3 is 0 Å². The fraction of sp³-hybridized carbons (Fsp3) is 0.188. The molecule has 2 aromatic carbocycles. The molecule has 1 heterocycles. The van der Waals surface area contributed by atoms with Crippen molar-refractivity contribution in [1.82, 2.24) is 4.72 Å². The van der Waals surface area contributed by atoms with Crippen LogP contribution in [0.1, 0.15) is 12.8 Å². The Morgan fingerprint density at radius 2 is 1.89 bits per heavy atom. The summed E-state index contributed by atoms with van der Waals surface area (Å²) in [5.74, 6) is -0.318. The topological polar surface area (TPSA) is 143 Å². The van der Waals surface area contributed by atoms with Gasteiger partial charge in [-0.15, -0.1) is 0 Å². The van der Waals surface area contributed by atoms with Gasteiger partial charge in [0.15, 0.2) is 0 Å². The summed E-state index contributed by atoms with van der Waals surface area (Å²) in [7, 11) is -6.90. The first kappa shape index (κ1) is 19.2. The van der Waals surface area contributed by atoms with Crippen molar-refractivity contribution in [1.29, 1.82) is 0 Å². The molecule has 0 amide bonds. The van der Waals surface area contributed by atoms with E-state index in [4.69, 9.17) is 11.6 Å². The van der Waals surface area contributed by atoms with Gasteiger partial charge in [0.05, 0.1) is 10.9 Å². The number of halogens is 1. The Morgan fingerprint density at radius 1 is 1.18 bits per heavy atom. The van der Waals surface area contributed by atoms with Crippen LogP contribution in [0.3, 0.4) is 0 Å². The number of hydrogen-bond acceptors (Lipinski definition) is 8. The zero-order chi connectivity index (χ0) is 20.1. The van der Waals surface area contributed by atoms with Gasteiger partial charge in [-0.1, -0.05) is 28.4 Å². The van der Waals surface area contributed by atoms with Crippen molar-refractivity contribution >= 4 is 55.4 Å². The Hall–Kier alpha value is -2.18.